The number of carbonyl (C=O) groups is 1. The zero-order valence-corrected chi connectivity index (χ0v) is 14.9. The summed E-state index contributed by atoms with van der Waals surface area (Å²) in [5.41, 5.74) is 3.11. The molecule has 2 amide bonds. The Morgan fingerprint density at radius 3 is 2.48 bits per heavy atom. The molecule has 0 fully saturated rings. The fourth-order valence-electron chi connectivity index (χ4n) is 2.57. The molecule has 0 aromatic heterocycles. The monoisotopic (exact) mass is 341 g/mol. The summed E-state index contributed by atoms with van der Waals surface area (Å²) >= 11 is 0. The largest absolute Gasteiger partial charge is 0.395 e. The maximum Gasteiger partial charge on any atom is 0.318 e. The van der Waals surface area contributed by atoms with E-state index in [1.54, 1.807) is 4.90 Å². The molecule has 2 aromatic rings. The summed E-state index contributed by atoms with van der Waals surface area (Å²) < 4.78 is 0. The Bertz CT molecular complexity index is 659. The van der Waals surface area contributed by atoms with Gasteiger partial charge in [0.2, 0.25) is 0 Å². The maximum atomic E-state index is 12.5. The first kappa shape index (κ1) is 18.8. The van der Waals surface area contributed by atoms with Gasteiger partial charge in [0, 0.05) is 31.4 Å². The van der Waals surface area contributed by atoms with Crippen LogP contribution < -0.4 is 10.6 Å². The van der Waals surface area contributed by atoms with Gasteiger partial charge in [0.05, 0.1) is 6.61 Å². The van der Waals surface area contributed by atoms with Crippen LogP contribution in [0.25, 0.3) is 0 Å². The van der Waals surface area contributed by atoms with Gasteiger partial charge in [-0.2, -0.15) is 0 Å². The fraction of sp³-hybridized carbons (Fsp3) is 0.350. The average molecular weight is 341 g/mol. The molecule has 25 heavy (non-hydrogen) atoms. The predicted octanol–water partition coefficient (Wildman–Crippen LogP) is 3.21. The molecule has 2 rings (SSSR count). The summed E-state index contributed by atoms with van der Waals surface area (Å²) in [6.07, 6.45) is 0. The molecule has 0 saturated carbocycles. The molecule has 134 valence electrons. The van der Waals surface area contributed by atoms with Gasteiger partial charge in [-0.15, -0.1) is 0 Å². The number of anilines is 1. The standard InChI is InChI=1S/C20H27N3O2/c1-16(2)22-19-10-6-9-18(13-19)14-21-20(25)23(11-12-24)15-17-7-4-3-5-8-17/h3-10,13,16,22,24H,11-12,14-15H2,1-2H3,(H,21,25). The van der Waals surface area contributed by atoms with Crippen molar-refractivity contribution in [3.63, 3.8) is 0 Å². The summed E-state index contributed by atoms with van der Waals surface area (Å²) in [4.78, 5) is 14.1. The number of urea groups is 1. The van der Waals surface area contributed by atoms with Gasteiger partial charge in [-0.3, -0.25) is 0 Å². The molecule has 0 aliphatic rings. The fourth-order valence-corrected chi connectivity index (χ4v) is 2.57. The lowest BCUT2D eigenvalue weighted by atomic mass is 10.2. The van der Waals surface area contributed by atoms with Crippen molar-refractivity contribution < 1.29 is 9.90 Å². The SMILES string of the molecule is CC(C)Nc1cccc(CNC(=O)N(CCO)Cc2ccccc2)c1. The van der Waals surface area contributed by atoms with Crippen molar-refractivity contribution in [2.24, 2.45) is 0 Å². The highest BCUT2D eigenvalue weighted by atomic mass is 16.3. The molecular weight excluding hydrogens is 314 g/mol. The summed E-state index contributed by atoms with van der Waals surface area (Å²) in [5.74, 6) is 0. The van der Waals surface area contributed by atoms with Crippen molar-refractivity contribution in [1.82, 2.24) is 10.2 Å². The highest BCUT2D eigenvalue weighted by Crippen LogP contribution is 2.12. The van der Waals surface area contributed by atoms with Gasteiger partial charge in [-0.25, -0.2) is 4.79 Å². The van der Waals surface area contributed by atoms with Crippen molar-refractivity contribution >= 4 is 11.7 Å². The smallest absolute Gasteiger partial charge is 0.318 e. The van der Waals surface area contributed by atoms with Crippen LogP contribution in [0.15, 0.2) is 54.6 Å². The van der Waals surface area contributed by atoms with E-state index in [4.69, 9.17) is 0 Å². The normalized spacial score (nSPS) is 10.6. The first-order chi connectivity index (χ1) is 12.1. The van der Waals surface area contributed by atoms with E-state index in [0.717, 1.165) is 16.8 Å². The lowest BCUT2D eigenvalue weighted by molar-refractivity contribution is 0.173. The van der Waals surface area contributed by atoms with Gasteiger partial charge < -0.3 is 20.6 Å². The highest BCUT2D eigenvalue weighted by molar-refractivity contribution is 5.74. The zero-order chi connectivity index (χ0) is 18.1. The maximum absolute atomic E-state index is 12.5. The Labute approximate surface area is 149 Å². The number of amides is 2. The number of nitrogens with zero attached hydrogens (tertiary/aromatic N) is 1. The Balaban J connectivity index is 1.94. The van der Waals surface area contributed by atoms with E-state index in [0.29, 0.717) is 25.7 Å². The minimum absolute atomic E-state index is 0.0615. The molecule has 0 unspecified atom stereocenters. The molecule has 0 saturated heterocycles. The Kier molecular flexibility index (Phi) is 7.29. The van der Waals surface area contributed by atoms with Gasteiger partial charge in [-0.05, 0) is 37.1 Å². The second-order valence-electron chi connectivity index (χ2n) is 6.29. The number of carbonyl (C=O) groups excluding carboxylic acids is 1. The minimum atomic E-state index is -0.180. The van der Waals surface area contributed by atoms with Crippen LogP contribution in [-0.4, -0.2) is 35.2 Å². The summed E-state index contributed by atoms with van der Waals surface area (Å²) in [5, 5.41) is 15.5. The third-order valence-corrected chi connectivity index (χ3v) is 3.70. The van der Waals surface area contributed by atoms with Gasteiger partial charge in [0.25, 0.3) is 0 Å². The van der Waals surface area contributed by atoms with Crippen molar-refractivity contribution in [2.75, 3.05) is 18.5 Å². The van der Waals surface area contributed by atoms with E-state index >= 15 is 0 Å². The Morgan fingerprint density at radius 2 is 1.80 bits per heavy atom. The predicted molar refractivity (Wildman–Crippen MR) is 101 cm³/mol. The first-order valence-corrected chi connectivity index (χ1v) is 8.61. The third kappa shape index (κ3) is 6.47. The second-order valence-corrected chi connectivity index (χ2v) is 6.29. The van der Waals surface area contributed by atoms with E-state index in [9.17, 15) is 9.90 Å². The lowest BCUT2D eigenvalue weighted by Crippen LogP contribution is -2.40. The van der Waals surface area contributed by atoms with Crippen LogP contribution in [-0.2, 0) is 13.1 Å². The number of nitrogens with one attached hydrogen (secondary N) is 2. The molecule has 0 aliphatic carbocycles. The van der Waals surface area contributed by atoms with Gasteiger partial charge in [-0.1, -0.05) is 42.5 Å². The highest BCUT2D eigenvalue weighted by Gasteiger charge is 2.13. The first-order valence-electron chi connectivity index (χ1n) is 8.61. The number of hydrogen-bond donors (Lipinski definition) is 3. The molecule has 5 nitrogen and oxygen atoms in total. The van der Waals surface area contributed by atoms with Crippen LogP contribution in [0.3, 0.4) is 0 Å². The van der Waals surface area contributed by atoms with Crippen LogP contribution >= 0.6 is 0 Å². The number of aliphatic hydroxyl groups is 1. The van der Waals surface area contributed by atoms with Crippen LogP contribution in [0.5, 0.6) is 0 Å². The molecule has 0 spiro atoms. The molecule has 5 heteroatoms. The second kappa shape index (κ2) is 9.69. The number of rotatable bonds is 8. The minimum Gasteiger partial charge on any atom is -0.395 e. The van der Waals surface area contributed by atoms with Crippen molar-refractivity contribution in [3.8, 4) is 0 Å². The van der Waals surface area contributed by atoms with E-state index in [1.165, 1.54) is 0 Å². The van der Waals surface area contributed by atoms with Crippen molar-refractivity contribution in [1.29, 1.82) is 0 Å². The van der Waals surface area contributed by atoms with Crippen molar-refractivity contribution in [2.45, 2.75) is 33.0 Å². The Morgan fingerprint density at radius 1 is 1.08 bits per heavy atom. The topological polar surface area (TPSA) is 64.6 Å². The third-order valence-electron chi connectivity index (χ3n) is 3.70. The molecule has 0 radical (unpaired) electrons. The molecule has 2 aromatic carbocycles. The summed E-state index contributed by atoms with van der Waals surface area (Å²) in [6, 6.07) is 18.0. The average Bonchev–Trinajstić information content (AvgIpc) is 2.60. The van der Waals surface area contributed by atoms with Gasteiger partial charge in [0.15, 0.2) is 0 Å². The van der Waals surface area contributed by atoms with Crippen LogP contribution in [0, 0.1) is 0 Å². The molecule has 0 atom stereocenters. The van der Waals surface area contributed by atoms with Crippen molar-refractivity contribution in [3.05, 3.63) is 65.7 Å². The van der Waals surface area contributed by atoms with Crippen LogP contribution in [0.4, 0.5) is 10.5 Å². The van der Waals surface area contributed by atoms with E-state index in [-0.39, 0.29) is 12.6 Å². The number of aliphatic hydroxyl groups excluding tert-OH is 1. The van der Waals surface area contributed by atoms with E-state index in [1.807, 2.05) is 54.6 Å². The lowest BCUT2D eigenvalue weighted by Gasteiger charge is -2.22. The number of hydrogen-bond acceptors (Lipinski definition) is 3. The Hall–Kier alpha value is -2.53. The molecule has 0 aliphatic heterocycles. The van der Waals surface area contributed by atoms with E-state index in [2.05, 4.69) is 24.5 Å². The number of benzene rings is 2. The van der Waals surface area contributed by atoms with E-state index < -0.39 is 0 Å². The quantitative estimate of drug-likeness (QED) is 0.691. The molecule has 0 heterocycles. The molecule has 3 N–H and O–H groups in total. The summed E-state index contributed by atoms with van der Waals surface area (Å²) in [6.45, 7) is 5.34. The molecule has 0 bridgehead atoms. The van der Waals surface area contributed by atoms with Gasteiger partial charge >= 0.3 is 6.03 Å². The molecular formula is C20H27N3O2. The van der Waals surface area contributed by atoms with Crippen LogP contribution in [0.1, 0.15) is 25.0 Å². The van der Waals surface area contributed by atoms with Crippen LogP contribution in [0.2, 0.25) is 0 Å². The summed E-state index contributed by atoms with van der Waals surface area (Å²) in [7, 11) is 0. The zero-order valence-electron chi connectivity index (χ0n) is 14.9. The van der Waals surface area contributed by atoms with Gasteiger partial charge in [0.1, 0.15) is 0 Å².